The zero-order chi connectivity index (χ0) is 18.7. The van der Waals surface area contributed by atoms with Gasteiger partial charge in [-0.2, -0.15) is 0 Å². The molecule has 0 unspecified atom stereocenters. The molecule has 0 bridgehead atoms. The Bertz CT molecular complexity index is 759. The molecule has 0 spiro atoms. The maximum Gasteiger partial charge on any atom is 0.252 e. The first-order valence-corrected chi connectivity index (χ1v) is 9.78. The number of pyridine rings is 1. The average Bonchev–Trinajstić information content (AvgIpc) is 2.68. The summed E-state index contributed by atoms with van der Waals surface area (Å²) in [4.78, 5) is 20.7. The lowest BCUT2D eigenvalue weighted by Crippen LogP contribution is -2.25. The first-order chi connectivity index (χ1) is 13.3. The lowest BCUT2D eigenvalue weighted by Gasteiger charge is -2.12. The number of rotatable bonds is 7. The molecule has 0 fully saturated rings. The van der Waals surface area contributed by atoms with Crippen LogP contribution < -0.4 is 10.1 Å². The lowest BCUT2D eigenvalue weighted by atomic mass is 10.0. The van der Waals surface area contributed by atoms with E-state index in [1.165, 1.54) is 37.0 Å². The van der Waals surface area contributed by atoms with Gasteiger partial charge in [0.15, 0.2) is 0 Å². The predicted molar refractivity (Wildman–Crippen MR) is 108 cm³/mol. The second kappa shape index (κ2) is 10.5. The standard InChI is InChI=1S/C22H27N3O2/c26-22(19-9-6-12-23-17-19)25-14-7-15-27-20-10-5-8-18(16-20)21-11-3-1-2-4-13-24-21/h5-6,8-10,12,16-17H,1-4,7,11,13-15H2,(H,25,26). The van der Waals surface area contributed by atoms with E-state index in [0.29, 0.717) is 18.7 Å². The molecular formula is C22H27N3O2. The van der Waals surface area contributed by atoms with Crippen molar-refractivity contribution in [2.75, 3.05) is 19.7 Å². The Labute approximate surface area is 160 Å². The van der Waals surface area contributed by atoms with Crippen LogP contribution in [0, 0.1) is 0 Å². The highest BCUT2D eigenvalue weighted by molar-refractivity contribution is 6.00. The number of amides is 1. The van der Waals surface area contributed by atoms with E-state index in [9.17, 15) is 4.79 Å². The molecule has 5 heteroatoms. The maximum atomic E-state index is 11.9. The van der Waals surface area contributed by atoms with E-state index < -0.39 is 0 Å². The zero-order valence-corrected chi connectivity index (χ0v) is 15.7. The van der Waals surface area contributed by atoms with Crippen molar-refractivity contribution in [3.63, 3.8) is 0 Å². The largest absolute Gasteiger partial charge is 0.494 e. The van der Waals surface area contributed by atoms with Gasteiger partial charge in [0.1, 0.15) is 5.75 Å². The number of hydrogen-bond acceptors (Lipinski definition) is 4. The van der Waals surface area contributed by atoms with Crippen molar-refractivity contribution in [1.82, 2.24) is 10.3 Å². The zero-order valence-electron chi connectivity index (χ0n) is 15.7. The van der Waals surface area contributed by atoms with Crippen LogP contribution >= 0.6 is 0 Å². The van der Waals surface area contributed by atoms with Crippen molar-refractivity contribution >= 4 is 11.6 Å². The highest BCUT2D eigenvalue weighted by Gasteiger charge is 2.08. The fourth-order valence-electron chi connectivity index (χ4n) is 3.12. The van der Waals surface area contributed by atoms with Crippen LogP contribution in [0.1, 0.15) is 54.4 Å². The third-order valence-electron chi connectivity index (χ3n) is 4.59. The minimum atomic E-state index is -0.104. The van der Waals surface area contributed by atoms with Crippen molar-refractivity contribution in [2.45, 2.75) is 38.5 Å². The molecular weight excluding hydrogens is 338 g/mol. The smallest absolute Gasteiger partial charge is 0.252 e. The molecule has 0 saturated carbocycles. The lowest BCUT2D eigenvalue weighted by molar-refractivity contribution is 0.0951. The summed E-state index contributed by atoms with van der Waals surface area (Å²) >= 11 is 0. The van der Waals surface area contributed by atoms with Crippen LogP contribution in [-0.2, 0) is 0 Å². The van der Waals surface area contributed by atoms with Crippen molar-refractivity contribution in [3.8, 4) is 5.75 Å². The Balaban J connectivity index is 1.44. The monoisotopic (exact) mass is 365 g/mol. The quantitative estimate of drug-likeness (QED) is 0.754. The first kappa shape index (κ1) is 19.1. The number of aromatic nitrogens is 1. The second-order valence-electron chi connectivity index (χ2n) is 6.72. The maximum absolute atomic E-state index is 11.9. The second-order valence-corrected chi connectivity index (χ2v) is 6.72. The third-order valence-corrected chi connectivity index (χ3v) is 4.59. The molecule has 0 atom stereocenters. The molecule has 0 saturated heterocycles. The Morgan fingerprint density at radius 3 is 2.93 bits per heavy atom. The van der Waals surface area contributed by atoms with Crippen LogP contribution in [-0.4, -0.2) is 36.3 Å². The molecule has 2 heterocycles. The molecule has 3 rings (SSSR count). The summed E-state index contributed by atoms with van der Waals surface area (Å²) in [5.41, 5.74) is 2.94. The Hall–Kier alpha value is -2.69. The SMILES string of the molecule is O=C(NCCCOc1cccc(C2=NCCCCCC2)c1)c1cccnc1. The number of nitrogens with one attached hydrogen (secondary N) is 1. The Kier molecular flexibility index (Phi) is 7.39. The van der Waals surface area contributed by atoms with Crippen LogP contribution in [0.2, 0.25) is 0 Å². The molecule has 0 radical (unpaired) electrons. The van der Waals surface area contributed by atoms with Gasteiger partial charge in [0, 0.05) is 31.2 Å². The Morgan fingerprint density at radius 1 is 1.11 bits per heavy atom. The summed E-state index contributed by atoms with van der Waals surface area (Å²) in [7, 11) is 0. The normalized spacial score (nSPS) is 14.6. The predicted octanol–water partition coefficient (Wildman–Crippen LogP) is 4.03. The van der Waals surface area contributed by atoms with E-state index in [-0.39, 0.29) is 5.91 Å². The molecule has 0 aliphatic carbocycles. The van der Waals surface area contributed by atoms with Gasteiger partial charge < -0.3 is 10.1 Å². The summed E-state index contributed by atoms with van der Waals surface area (Å²) in [5, 5.41) is 2.88. The van der Waals surface area contributed by atoms with Gasteiger partial charge in [0.05, 0.1) is 12.2 Å². The minimum Gasteiger partial charge on any atom is -0.494 e. The Morgan fingerprint density at radius 2 is 2.04 bits per heavy atom. The van der Waals surface area contributed by atoms with Crippen LogP contribution in [0.5, 0.6) is 5.75 Å². The van der Waals surface area contributed by atoms with E-state index in [4.69, 9.17) is 9.73 Å². The van der Waals surface area contributed by atoms with Gasteiger partial charge in [-0.1, -0.05) is 25.0 Å². The summed E-state index contributed by atoms with van der Waals surface area (Å²) in [6, 6.07) is 11.7. The van der Waals surface area contributed by atoms with Crippen LogP contribution in [0.4, 0.5) is 0 Å². The van der Waals surface area contributed by atoms with E-state index in [1.807, 2.05) is 12.1 Å². The molecule has 1 aromatic carbocycles. The molecule has 27 heavy (non-hydrogen) atoms. The van der Waals surface area contributed by atoms with Gasteiger partial charge in [-0.25, -0.2) is 0 Å². The highest BCUT2D eigenvalue weighted by Crippen LogP contribution is 2.18. The van der Waals surface area contributed by atoms with Crippen LogP contribution in [0.25, 0.3) is 0 Å². The van der Waals surface area contributed by atoms with Crippen LogP contribution in [0.3, 0.4) is 0 Å². The fourth-order valence-corrected chi connectivity index (χ4v) is 3.12. The number of carbonyl (C=O) groups is 1. The van der Waals surface area contributed by atoms with Gasteiger partial charge in [0.2, 0.25) is 0 Å². The highest BCUT2D eigenvalue weighted by atomic mass is 16.5. The summed E-state index contributed by atoms with van der Waals surface area (Å²) in [5.74, 6) is 0.753. The molecule has 1 aromatic heterocycles. The van der Waals surface area contributed by atoms with E-state index in [1.54, 1.807) is 24.5 Å². The molecule has 142 valence electrons. The number of hydrogen-bond donors (Lipinski definition) is 1. The van der Waals surface area contributed by atoms with E-state index in [0.717, 1.165) is 25.1 Å². The number of ether oxygens (including phenoxy) is 1. The van der Waals surface area contributed by atoms with Gasteiger partial charge in [-0.3, -0.25) is 14.8 Å². The van der Waals surface area contributed by atoms with Crippen molar-refractivity contribution in [2.24, 2.45) is 4.99 Å². The molecule has 1 amide bonds. The van der Waals surface area contributed by atoms with Crippen molar-refractivity contribution in [3.05, 3.63) is 59.9 Å². The third kappa shape index (κ3) is 6.20. The molecule has 1 aliphatic heterocycles. The minimum absolute atomic E-state index is 0.104. The number of carbonyl (C=O) groups excluding carboxylic acids is 1. The van der Waals surface area contributed by atoms with Crippen molar-refractivity contribution < 1.29 is 9.53 Å². The van der Waals surface area contributed by atoms with E-state index in [2.05, 4.69) is 22.4 Å². The summed E-state index contributed by atoms with van der Waals surface area (Å²) in [6.07, 6.45) is 9.99. The molecule has 5 nitrogen and oxygen atoms in total. The van der Waals surface area contributed by atoms with Crippen molar-refractivity contribution in [1.29, 1.82) is 0 Å². The number of aliphatic imine (C=N–C) groups is 1. The average molecular weight is 365 g/mol. The van der Waals surface area contributed by atoms with Gasteiger partial charge in [-0.05, 0) is 55.5 Å². The van der Waals surface area contributed by atoms with Gasteiger partial charge in [-0.15, -0.1) is 0 Å². The number of nitrogens with zero attached hydrogens (tertiary/aromatic N) is 2. The van der Waals surface area contributed by atoms with Crippen LogP contribution in [0.15, 0.2) is 53.8 Å². The molecule has 1 aliphatic rings. The summed E-state index contributed by atoms with van der Waals surface area (Å²) < 4.78 is 5.86. The van der Waals surface area contributed by atoms with Gasteiger partial charge >= 0.3 is 0 Å². The molecule has 1 N–H and O–H groups in total. The topological polar surface area (TPSA) is 63.6 Å². The number of benzene rings is 1. The molecule has 2 aromatic rings. The summed E-state index contributed by atoms with van der Waals surface area (Å²) in [6.45, 7) is 2.06. The van der Waals surface area contributed by atoms with E-state index >= 15 is 0 Å². The van der Waals surface area contributed by atoms with Gasteiger partial charge in [0.25, 0.3) is 5.91 Å². The first-order valence-electron chi connectivity index (χ1n) is 9.78. The fraction of sp³-hybridized carbons (Fsp3) is 0.409.